The number of amides is 3. The van der Waals surface area contributed by atoms with Gasteiger partial charge in [0.25, 0.3) is 5.91 Å². The third-order valence-electron chi connectivity index (χ3n) is 7.78. The lowest BCUT2D eigenvalue weighted by Crippen LogP contribution is -2.50. The summed E-state index contributed by atoms with van der Waals surface area (Å²) < 4.78 is 5.60. The summed E-state index contributed by atoms with van der Waals surface area (Å²) in [6.07, 6.45) is 1.17. The Hall–Kier alpha value is -5.11. The summed E-state index contributed by atoms with van der Waals surface area (Å²) >= 11 is 0. The molecule has 1 atom stereocenters. The summed E-state index contributed by atoms with van der Waals surface area (Å²) in [6, 6.07) is 19.9. The van der Waals surface area contributed by atoms with Gasteiger partial charge in [-0.2, -0.15) is 5.26 Å². The number of nitrogens with one attached hydrogen (secondary N) is 2. The summed E-state index contributed by atoms with van der Waals surface area (Å²) in [7, 11) is 3.29. The maximum Gasteiger partial charge on any atom is 0.324 e. The first-order valence-electron chi connectivity index (χ1n) is 13.8. The van der Waals surface area contributed by atoms with Gasteiger partial charge in [0.05, 0.1) is 18.5 Å². The van der Waals surface area contributed by atoms with Crippen LogP contribution in [0.1, 0.15) is 35.7 Å². The standard InChI is InChI=1S/C31H33N7O4/c1-20-31(41)36(2)25-11-12-27(35-29(25)38(20)19-21-7-5-4-6-8-21)34-24-10-9-22(17-26(24)42-3)30(40)33-23-13-15-37(16-14-23)28(39)18-32/h4-12,17,20,23H,13-16,19H2,1-3H3,(H,33,40)(H,34,35)/t20-/m1/s1. The molecule has 0 radical (unpaired) electrons. The molecule has 42 heavy (non-hydrogen) atoms. The van der Waals surface area contributed by atoms with Gasteiger partial charge in [-0.1, -0.05) is 30.3 Å². The van der Waals surface area contributed by atoms with E-state index in [-0.39, 0.29) is 17.9 Å². The Morgan fingerprint density at radius 1 is 1.10 bits per heavy atom. The molecule has 2 N–H and O–H groups in total. The Morgan fingerprint density at radius 3 is 2.52 bits per heavy atom. The van der Waals surface area contributed by atoms with Gasteiger partial charge in [0.15, 0.2) is 11.9 Å². The summed E-state index contributed by atoms with van der Waals surface area (Å²) in [5.74, 6) is 0.943. The van der Waals surface area contributed by atoms with Crippen molar-refractivity contribution in [1.82, 2.24) is 15.2 Å². The zero-order chi connectivity index (χ0) is 29.8. The number of fused-ring (bicyclic) bond motifs is 1. The first kappa shape index (κ1) is 28.4. The maximum atomic E-state index is 13.0. The number of methoxy groups -OCH3 is 1. The normalized spacial score (nSPS) is 16.9. The number of nitriles is 1. The van der Waals surface area contributed by atoms with Gasteiger partial charge in [-0.25, -0.2) is 4.98 Å². The number of aromatic nitrogens is 1. The van der Waals surface area contributed by atoms with Crippen LogP contribution in [0.5, 0.6) is 5.75 Å². The summed E-state index contributed by atoms with van der Waals surface area (Å²) in [5.41, 5.74) is 2.87. The molecule has 0 spiro atoms. The molecule has 2 aromatic carbocycles. The Morgan fingerprint density at radius 2 is 1.83 bits per heavy atom. The van der Waals surface area contributed by atoms with Crippen molar-refractivity contribution in [1.29, 1.82) is 5.26 Å². The molecule has 2 aliphatic rings. The van der Waals surface area contributed by atoms with E-state index in [1.54, 1.807) is 36.2 Å². The number of benzene rings is 2. The second-order valence-electron chi connectivity index (χ2n) is 10.4. The van der Waals surface area contributed by atoms with Gasteiger partial charge in [-0.15, -0.1) is 0 Å². The minimum Gasteiger partial charge on any atom is -0.495 e. The van der Waals surface area contributed by atoms with Crippen molar-refractivity contribution in [3.63, 3.8) is 0 Å². The average Bonchev–Trinajstić information content (AvgIpc) is 3.02. The van der Waals surface area contributed by atoms with Gasteiger partial charge in [0.1, 0.15) is 17.6 Å². The number of ether oxygens (including phenoxy) is 1. The fourth-order valence-corrected chi connectivity index (χ4v) is 5.33. The van der Waals surface area contributed by atoms with E-state index in [4.69, 9.17) is 15.0 Å². The molecule has 0 unspecified atom stereocenters. The minimum absolute atomic E-state index is 0.00214. The Balaban J connectivity index is 1.32. The van der Waals surface area contributed by atoms with Crippen LogP contribution in [0.4, 0.5) is 23.0 Å². The van der Waals surface area contributed by atoms with E-state index in [1.807, 2.05) is 54.3 Å². The smallest absolute Gasteiger partial charge is 0.324 e. The minimum atomic E-state index is -0.542. The Bertz CT molecular complexity index is 1530. The topological polar surface area (TPSA) is 131 Å². The van der Waals surface area contributed by atoms with Crippen LogP contribution in [-0.2, 0) is 16.1 Å². The number of pyridine rings is 1. The molecule has 1 fully saturated rings. The van der Waals surface area contributed by atoms with Crippen molar-refractivity contribution < 1.29 is 19.1 Å². The molecule has 1 aromatic heterocycles. The van der Waals surface area contributed by atoms with Crippen LogP contribution in [0.15, 0.2) is 60.7 Å². The lowest BCUT2D eigenvalue weighted by molar-refractivity contribution is -0.126. The number of rotatable bonds is 7. The van der Waals surface area contributed by atoms with Crippen molar-refractivity contribution >= 4 is 40.7 Å². The van der Waals surface area contributed by atoms with Gasteiger partial charge in [-0.05, 0) is 55.7 Å². The fourth-order valence-electron chi connectivity index (χ4n) is 5.33. The number of hydrogen-bond acceptors (Lipinski definition) is 8. The molecule has 2 aliphatic heterocycles. The van der Waals surface area contributed by atoms with Crippen molar-refractivity contribution in [2.75, 3.05) is 42.4 Å². The number of anilines is 4. The van der Waals surface area contributed by atoms with E-state index < -0.39 is 11.9 Å². The SMILES string of the molecule is COc1cc(C(=O)NC2CCN(C(=O)C#N)CC2)ccc1Nc1ccc2c(n1)N(Cc1ccccc1)[C@H](C)C(=O)N2C. The first-order chi connectivity index (χ1) is 20.3. The molecule has 1 saturated heterocycles. The molecular weight excluding hydrogens is 534 g/mol. The summed E-state index contributed by atoms with van der Waals surface area (Å²) in [5, 5.41) is 15.1. The maximum absolute atomic E-state index is 13.0. The highest BCUT2D eigenvalue weighted by atomic mass is 16.5. The highest BCUT2D eigenvalue weighted by molar-refractivity contribution is 6.04. The molecule has 3 aromatic rings. The first-order valence-corrected chi connectivity index (χ1v) is 13.8. The monoisotopic (exact) mass is 567 g/mol. The van der Waals surface area contributed by atoms with Gasteiger partial charge in [-0.3, -0.25) is 14.4 Å². The fraction of sp³-hybridized carbons (Fsp3) is 0.323. The van der Waals surface area contributed by atoms with E-state index in [2.05, 4.69) is 10.6 Å². The van der Waals surface area contributed by atoms with E-state index in [0.29, 0.717) is 61.1 Å². The van der Waals surface area contributed by atoms with Crippen LogP contribution in [0.2, 0.25) is 0 Å². The highest BCUT2D eigenvalue weighted by Gasteiger charge is 2.35. The van der Waals surface area contributed by atoms with Gasteiger partial charge in [0.2, 0.25) is 5.91 Å². The molecule has 0 bridgehead atoms. The quantitative estimate of drug-likeness (QED) is 0.415. The predicted molar refractivity (Wildman–Crippen MR) is 159 cm³/mol. The number of nitrogens with zero attached hydrogens (tertiary/aromatic N) is 5. The Labute approximate surface area is 244 Å². The van der Waals surface area contributed by atoms with Crippen LogP contribution in [0, 0.1) is 11.3 Å². The van der Waals surface area contributed by atoms with E-state index in [0.717, 1.165) is 11.3 Å². The molecule has 11 heteroatoms. The second kappa shape index (κ2) is 12.2. The lowest BCUT2D eigenvalue weighted by Gasteiger charge is -2.39. The summed E-state index contributed by atoms with van der Waals surface area (Å²) in [6.45, 7) is 3.28. The van der Waals surface area contributed by atoms with Crippen LogP contribution in [0.3, 0.4) is 0 Å². The number of likely N-dealkylation sites (tertiary alicyclic amines) is 1. The molecule has 0 aliphatic carbocycles. The zero-order valence-electron chi connectivity index (χ0n) is 23.8. The number of carbonyl (C=O) groups excluding carboxylic acids is 3. The zero-order valence-corrected chi connectivity index (χ0v) is 23.8. The Kier molecular flexibility index (Phi) is 8.24. The van der Waals surface area contributed by atoms with Crippen molar-refractivity contribution in [2.24, 2.45) is 0 Å². The van der Waals surface area contributed by atoms with Crippen molar-refractivity contribution in [3.8, 4) is 11.8 Å². The molecule has 3 heterocycles. The van der Waals surface area contributed by atoms with E-state index in [1.165, 1.54) is 12.0 Å². The third-order valence-corrected chi connectivity index (χ3v) is 7.78. The van der Waals surface area contributed by atoms with Gasteiger partial charge >= 0.3 is 5.91 Å². The van der Waals surface area contributed by atoms with Crippen LogP contribution < -0.4 is 25.2 Å². The van der Waals surface area contributed by atoms with Crippen LogP contribution in [0.25, 0.3) is 0 Å². The van der Waals surface area contributed by atoms with E-state index >= 15 is 0 Å². The van der Waals surface area contributed by atoms with Crippen LogP contribution >= 0.6 is 0 Å². The number of hydrogen-bond donors (Lipinski definition) is 2. The number of piperidine rings is 1. The highest BCUT2D eigenvalue weighted by Crippen LogP contribution is 2.37. The largest absolute Gasteiger partial charge is 0.495 e. The summed E-state index contributed by atoms with van der Waals surface area (Å²) in [4.78, 5) is 47.6. The van der Waals surface area contributed by atoms with Gasteiger partial charge < -0.3 is 30.1 Å². The third kappa shape index (κ3) is 5.83. The molecule has 11 nitrogen and oxygen atoms in total. The second-order valence-corrected chi connectivity index (χ2v) is 10.4. The van der Waals surface area contributed by atoms with E-state index in [9.17, 15) is 14.4 Å². The molecular formula is C31H33N7O4. The molecule has 3 amide bonds. The molecule has 216 valence electrons. The lowest BCUT2D eigenvalue weighted by atomic mass is 10.0. The predicted octanol–water partition coefficient (Wildman–Crippen LogP) is 3.45. The average molecular weight is 568 g/mol. The number of likely N-dealkylation sites (N-methyl/N-ethyl adjacent to an activating group) is 1. The van der Waals surface area contributed by atoms with Gasteiger partial charge in [0, 0.05) is 38.3 Å². The van der Waals surface area contributed by atoms with Crippen molar-refractivity contribution in [3.05, 3.63) is 71.8 Å². The molecule has 0 saturated carbocycles. The number of carbonyl (C=O) groups is 3. The van der Waals surface area contributed by atoms with Crippen LogP contribution in [-0.4, -0.2) is 66.9 Å². The van der Waals surface area contributed by atoms with Crippen molar-refractivity contribution in [2.45, 2.75) is 38.4 Å². The molecule has 5 rings (SSSR count).